The first-order valence-electron chi connectivity index (χ1n) is 6.42. The molecule has 0 fully saturated rings. The Morgan fingerprint density at radius 3 is 2.50 bits per heavy atom. The van der Waals surface area contributed by atoms with Crippen LogP contribution in [-0.4, -0.2) is 19.0 Å². The molecule has 1 amide bonds. The predicted octanol–water partition coefficient (Wildman–Crippen LogP) is 2.62. The zero-order chi connectivity index (χ0) is 13.7. The van der Waals surface area contributed by atoms with Gasteiger partial charge < -0.3 is 15.5 Å². The predicted molar refractivity (Wildman–Crippen MR) is 82.2 cm³/mol. The van der Waals surface area contributed by atoms with Crippen LogP contribution in [0, 0.1) is 0 Å². The summed E-state index contributed by atoms with van der Waals surface area (Å²) in [5.41, 5.74) is 7.58. The first kappa shape index (κ1) is 16.3. The van der Waals surface area contributed by atoms with Gasteiger partial charge >= 0.3 is 0 Å². The van der Waals surface area contributed by atoms with E-state index in [1.54, 1.807) is 12.1 Å². The van der Waals surface area contributed by atoms with Gasteiger partial charge in [0.25, 0.3) is 5.91 Å². The van der Waals surface area contributed by atoms with Crippen LogP contribution in [0.15, 0.2) is 40.8 Å². The average molecular weight is 295 g/mol. The summed E-state index contributed by atoms with van der Waals surface area (Å²) < 4.78 is 5.55. The molecule has 2 rings (SSSR count). The van der Waals surface area contributed by atoms with E-state index in [2.05, 4.69) is 24.4 Å². The van der Waals surface area contributed by atoms with E-state index < -0.39 is 0 Å². The van der Waals surface area contributed by atoms with Crippen molar-refractivity contribution in [2.45, 2.75) is 13.3 Å². The number of hydrogen-bond acceptors (Lipinski definition) is 3. The van der Waals surface area contributed by atoms with Crippen LogP contribution in [0.2, 0.25) is 0 Å². The summed E-state index contributed by atoms with van der Waals surface area (Å²) in [4.78, 5) is 11.7. The largest absolute Gasteiger partial charge is 0.451 e. The van der Waals surface area contributed by atoms with Gasteiger partial charge in [-0.15, -0.1) is 12.4 Å². The fraction of sp³-hybridized carbons (Fsp3) is 0.267. The molecule has 0 atom stereocenters. The van der Waals surface area contributed by atoms with Crippen molar-refractivity contribution in [3.8, 4) is 11.3 Å². The van der Waals surface area contributed by atoms with E-state index in [0.29, 0.717) is 24.6 Å². The molecule has 5 heteroatoms. The lowest BCUT2D eigenvalue weighted by Gasteiger charge is -2.01. The van der Waals surface area contributed by atoms with E-state index in [0.717, 1.165) is 12.0 Å². The Morgan fingerprint density at radius 2 is 1.90 bits per heavy atom. The van der Waals surface area contributed by atoms with Crippen molar-refractivity contribution < 1.29 is 9.21 Å². The first-order chi connectivity index (χ1) is 9.24. The summed E-state index contributed by atoms with van der Waals surface area (Å²) >= 11 is 0. The van der Waals surface area contributed by atoms with Crippen LogP contribution in [0.25, 0.3) is 11.3 Å². The Bertz CT molecular complexity index is 549. The van der Waals surface area contributed by atoms with Crippen LogP contribution in [0.1, 0.15) is 23.0 Å². The maximum Gasteiger partial charge on any atom is 0.287 e. The summed E-state index contributed by atoms with van der Waals surface area (Å²) in [7, 11) is 0. The molecule has 1 heterocycles. The number of halogens is 1. The van der Waals surface area contributed by atoms with Crippen molar-refractivity contribution >= 4 is 18.3 Å². The van der Waals surface area contributed by atoms with E-state index >= 15 is 0 Å². The molecule has 1 aromatic carbocycles. The van der Waals surface area contributed by atoms with Crippen molar-refractivity contribution in [3.63, 3.8) is 0 Å². The fourth-order valence-electron chi connectivity index (χ4n) is 1.79. The van der Waals surface area contributed by atoms with Crippen molar-refractivity contribution in [1.82, 2.24) is 5.32 Å². The van der Waals surface area contributed by atoms with Gasteiger partial charge in [-0.2, -0.15) is 0 Å². The Hall–Kier alpha value is -1.78. The van der Waals surface area contributed by atoms with E-state index in [1.807, 2.05) is 12.1 Å². The Kier molecular flexibility index (Phi) is 6.28. The highest BCUT2D eigenvalue weighted by molar-refractivity contribution is 5.92. The molecule has 0 aliphatic heterocycles. The first-order valence-corrected chi connectivity index (χ1v) is 6.42. The number of furan rings is 1. The van der Waals surface area contributed by atoms with Gasteiger partial charge in [-0.3, -0.25) is 4.79 Å². The van der Waals surface area contributed by atoms with Crippen LogP contribution in [0.3, 0.4) is 0 Å². The van der Waals surface area contributed by atoms with Gasteiger partial charge in [0.1, 0.15) is 5.76 Å². The molecule has 0 unspecified atom stereocenters. The lowest BCUT2D eigenvalue weighted by atomic mass is 10.1. The van der Waals surface area contributed by atoms with Gasteiger partial charge in [-0.1, -0.05) is 31.2 Å². The topological polar surface area (TPSA) is 68.3 Å². The Labute approximate surface area is 124 Å². The van der Waals surface area contributed by atoms with E-state index in [9.17, 15) is 4.79 Å². The quantitative estimate of drug-likeness (QED) is 0.891. The molecule has 0 bridgehead atoms. The van der Waals surface area contributed by atoms with Crippen molar-refractivity contribution in [3.05, 3.63) is 47.7 Å². The molecular weight excluding hydrogens is 276 g/mol. The lowest BCUT2D eigenvalue weighted by molar-refractivity contribution is 0.0928. The number of nitrogens with one attached hydrogen (secondary N) is 1. The average Bonchev–Trinajstić information content (AvgIpc) is 2.94. The minimum atomic E-state index is -0.234. The van der Waals surface area contributed by atoms with Crippen molar-refractivity contribution in [2.75, 3.05) is 13.1 Å². The monoisotopic (exact) mass is 294 g/mol. The molecule has 0 spiro atoms. The number of aryl methyl sites for hydroxylation is 1. The summed E-state index contributed by atoms with van der Waals surface area (Å²) in [5, 5.41) is 2.67. The fourth-order valence-corrected chi connectivity index (χ4v) is 1.79. The van der Waals surface area contributed by atoms with Gasteiger partial charge in [-0.05, 0) is 24.1 Å². The zero-order valence-corrected chi connectivity index (χ0v) is 12.2. The normalized spacial score (nSPS) is 9.90. The molecule has 108 valence electrons. The standard InChI is InChI=1S/C15H18N2O2.ClH/c1-2-11-3-5-12(6-4-11)13-7-8-14(19-13)15(18)17-10-9-16;/h3-8H,2,9-10,16H2,1H3,(H,17,18);1H. The summed E-state index contributed by atoms with van der Waals surface area (Å²) in [6.07, 6.45) is 1.01. The van der Waals surface area contributed by atoms with Crippen LogP contribution < -0.4 is 11.1 Å². The Balaban J connectivity index is 0.00000200. The molecular formula is C15H19ClN2O2. The molecule has 4 nitrogen and oxygen atoms in total. The molecule has 0 radical (unpaired) electrons. The minimum Gasteiger partial charge on any atom is -0.451 e. The Morgan fingerprint density at radius 1 is 1.20 bits per heavy atom. The number of hydrogen-bond donors (Lipinski definition) is 2. The molecule has 0 aliphatic carbocycles. The lowest BCUT2D eigenvalue weighted by Crippen LogP contribution is -2.28. The van der Waals surface area contributed by atoms with E-state index in [1.165, 1.54) is 5.56 Å². The number of carbonyl (C=O) groups is 1. The number of nitrogens with two attached hydrogens (primary N) is 1. The van der Waals surface area contributed by atoms with Gasteiger partial charge in [0.15, 0.2) is 5.76 Å². The highest BCUT2D eigenvalue weighted by atomic mass is 35.5. The second-order valence-electron chi connectivity index (χ2n) is 4.26. The van der Waals surface area contributed by atoms with E-state index in [-0.39, 0.29) is 18.3 Å². The number of benzene rings is 1. The highest BCUT2D eigenvalue weighted by Gasteiger charge is 2.11. The third-order valence-electron chi connectivity index (χ3n) is 2.91. The molecule has 1 aromatic heterocycles. The summed E-state index contributed by atoms with van der Waals surface area (Å²) in [6.45, 7) is 2.97. The van der Waals surface area contributed by atoms with Crippen molar-refractivity contribution in [1.29, 1.82) is 0 Å². The van der Waals surface area contributed by atoms with E-state index in [4.69, 9.17) is 10.2 Å². The van der Waals surface area contributed by atoms with Crippen LogP contribution in [-0.2, 0) is 6.42 Å². The van der Waals surface area contributed by atoms with Crippen LogP contribution >= 0.6 is 12.4 Å². The van der Waals surface area contributed by atoms with Gasteiger partial charge in [0.2, 0.25) is 0 Å². The smallest absolute Gasteiger partial charge is 0.287 e. The third-order valence-corrected chi connectivity index (χ3v) is 2.91. The molecule has 3 N–H and O–H groups in total. The SMILES string of the molecule is CCc1ccc(-c2ccc(C(=O)NCCN)o2)cc1.Cl. The zero-order valence-electron chi connectivity index (χ0n) is 11.4. The third kappa shape index (κ3) is 3.85. The second kappa shape index (κ2) is 7.72. The maximum absolute atomic E-state index is 11.7. The van der Waals surface area contributed by atoms with Crippen LogP contribution in [0.4, 0.5) is 0 Å². The van der Waals surface area contributed by atoms with Gasteiger partial charge in [0.05, 0.1) is 0 Å². The number of amides is 1. The van der Waals surface area contributed by atoms with Gasteiger partial charge in [0, 0.05) is 18.7 Å². The van der Waals surface area contributed by atoms with Crippen LogP contribution in [0.5, 0.6) is 0 Å². The molecule has 2 aromatic rings. The number of carbonyl (C=O) groups excluding carboxylic acids is 1. The minimum absolute atomic E-state index is 0. The van der Waals surface area contributed by atoms with Crippen molar-refractivity contribution in [2.24, 2.45) is 5.73 Å². The molecule has 0 aliphatic rings. The highest BCUT2D eigenvalue weighted by Crippen LogP contribution is 2.22. The summed E-state index contributed by atoms with van der Waals surface area (Å²) in [5.74, 6) is 0.769. The summed E-state index contributed by atoms with van der Waals surface area (Å²) in [6, 6.07) is 11.6. The maximum atomic E-state index is 11.7. The number of rotatable bonds is 5. The molecule has 20 heavy (non-hydrogen) atoms. The second-order valence-corrected chi connectivity index (χ2v) is 4.26. The van der Waals surface area contributed by atoms with Gasteiger partial charge in [-0.25, -0.2) is 0 Å². The molecule has 0 saturated heterocycles. The molecule has 0 saturated carbocycles.